The molecule has 0 atom stereocenters. The zero-order valence-electron chi connectivity index (χ0n) is 15.4. The van der Waals surface area contributed by atoms with Crippen molar-refractivity contribution in [1.82, 2.24) is 9.99 Å². The predicted octanol–water partition coefficient (Wildman–Crippen LogP) is 4.21. The minimum absolute atomic E-state index is 0.170. The molecule has 0 saturated carbocycles. The minimum atomic E-state index is -0.415. The van der Waals surface area contributed by atoms with Gasteiger partial charge >= 0.3 is 4.87 Å². The number of hydrogen-bond donors (Lipinski definition) is 1. The Morgan fingerprint density at radius 1 is 1.28 bits per heavy atom. The first kappa shape index (κ1) is 21.3. The number of benzene rings is 2. The van der Waals surface area contributed by atoms with Gasteiger partial charge in [0.2, 0.25) is 0 Å². The van der Waals surface area contributed by atoms with Crippen molar-refractivity contribution in [2.24, 2.45) is 5.10 Å². The largest absolute Gasteiger partial charge is 0.483 e. The third kappa shape index (κ3) is 5.79. The van der Waals surface area contributed by atoms with E-state index in [9.17, 15) is 9.59 Å². The first-order chi connectivity index (χ1) is 13.9. The van der Waals surface area contributed by atoms with Gasteiger partial charge in [0.1, 0.15) is 10.9 Å². The topological polar surface area (TPSA) is 72.7 Å². The summed E-state index contributed by atoms with van der Waals surface area (Å²) in [5.41, 5.74) is 4.25. The van der Waals surface area contributed by atoms with E-state index in [0.717, 1.165) is 26.9 Å². The second-order valence-electron chi connectivity index (χ2n) is 6.08. The van der Waals surface area contributed by atoms with E-state index in [1.807, 2.05) is 49.4 Å². The van der Waals surface area contributed by atoms with Crippen LogP contribution < -0.4 is 15.0 Å². The lowest BCUT2D eigenvalue weighted by molar-refractivity contribution is -0.123. The fourth-order valence-corrected chi connectivity index (χ4v) is 3.82. The van der Waals surface area contributed by atoms with Crippen molar-refractivity contribution < 1.29 is 9.53 Å². The van der Waals surface area contributed by atoms with Gasteiger partial charge in [-0.2, -0.15) is 5.10 Å². The van der Waals surface area contributed by atoms with Crippen LogP contribution in [0.1, 0.15) is 16.0 Å². The monoisotopic (exact) mass is 493 g/mol. The number of nitrogens with one attached hydrogen (secondary N) is 1. The molecule has 9 heteroatoms. The molecule has 0 fully saturated rings. The maximum absolute atomic E-state index is 12.2. The molecule has 3 aromatic rings. The number of thiazole rings is 1. The molecule has 6 nitrogen and oxygen atoms in total. The van der Waals surface area contributed by atoms with Crippen LogP contribution in [0.4, 0.5) is 0 Å². The minimum Gasteiger partial charge on any atom is -0.483 e. The number of nitrogens with zero attached hydrogens (tertiary/aromatic N) is 2. The lowest BCUT2D eigenvalue weighted by Crippen LogP contribution is -2.24. The van der Waals surface area contributed by atoms with Crippen molar-refractivity contribution in [1.29, 1.82) is 0 Å². The normalized spacial score (nSPS) is 11.0. The third-order valence-corrected chi connectivity index (χ3v) is 5.90. The van der Waals surface area contributed by atoms with Crippen LogP contribution in [-0.4, -0.2) is 23.3 Å². The molecular weight excluding hydrogens is 478 g/mol. The van der Waals surface area contributed by atoms with Gasteiger partial charge in [0.15, 0.2) is 6.61 Å². The molecule has 1 aromatic heterocycles. The quantitative estimate of drug-likeness (QED) is 0.395. The Kier molecular flexibility index (Phi) is 7.24. The zero-order valence-corrected chi connectivity index (χ0v) is 18.6. The van der Waals surface area contributed by atoms with Gasteiger partial charge in [-0.15, -0.1) is 0 Å². The summed E-state index contributed by atoms with van der Waals surface area (Å²) in [6.45, 7) is 2.08. The standard InChI is InChI=1S/C20H17BrClN3O3S/c1-13-4-2-3-5-16(13)28-12-18(26)24-23-10-17-19(22)25(20(27)29-17)11-14-6-8-15(21)9-7-14/h2-10H,11-12H2,1H3,(H,24,26)/b23-10+. The Morgan fingerprint density at radius 2 is 2.00 bits per heavy atom. The van der Waals surface area contributed by atoms with Gasteiger partial charge in [-0.1, -0.05) is 69.2 Å². The van der Waals surface area contributed by atoms with Crippen molar-refractivity contribution >= 4 is 51.0 Å². The fourth-order valence-electron chi connectivity index (χ4n) is 2.45. The second-order valence-corrected chi connectivity index (χ2v) is 8.35. The van der Waals surface area contributed by atoms with Crippen LogP contribution in [0.15, 0.2) is 62.9 Å². The van der Waals surface area contributed by atoms with E-state index in [2.05, 4.69) is 26.5 Å². The van der Waals surface area contributed by atoms with Crippen molar-refractivity contribution in [2.75, 3.05) is 6.61 Å². The van der Waals surface area contributed by atoms with E-state index >= 15 is 0 Å². The van der Waals surface area contributed by atoms with Crippen LogP contribution in [0.3, 0.4) is 0 Å². The average molecular weight is 495 g/mol. The molecule has 1 heterocycles. The van der Waals surface area contributed by atoms with Gasteiger partial charge < -0.3 is 4.74 Å². The first-order valence-electron chi connectivity index (χ1n) is 8.58. The van der Waals surface area contributed by atoms with Gasteiger partial charge in [-0.05, 0) is 36.2 Å². The molecule has 0 bridgehead atoms. The molecule has 0 unspecified atom stereocenters. The van der Waals surface area contributed by atoms with E-state index in [-0.39, 0.29) is 16.6 Å². The molecule has 1 amide bonds. The number of hydrazone groups is 1. The van der Waals surface area contributed by atoms with Gasteiger partial charge in [0, 0.05) is 4.47 Å². The molecule has 1 N–H and O–H groups in total. The lowest BCUT2D eigenvalue weighted by Gasteiger charge is -2.07. The van der Waals surface area contributed by atoms with Crippen molar-refractivity contribution in [3.05, 3.63) is 83.8 Å². The molecule has 0 saturated heterocycles. The van der Waals surface area contributed by atoms with Crippen LogP contribution in [0.5, 0.6) is 5.75 Å². The molecule has 29 heavy (non-hydrogen) atoms. The van der Waals surface area contributed by atoms with Gasteiger partial charge in [0.05, 0.1) is 17.6 Å². The van der Waals surface area contributed by atoms with Crippen LogP contribution in [-0.2, 0) is 11.3 Å². The summed E-state index contributed by atoms with van der Waals surface area (Å²) in [7, 11) is 0. The predicted molar refractivity (Wildman–Crippen MR) is 119 cm³/mol. The highest BCUT2D eigenvalue weighted by molar-refractivity contribution is 9.10. The van der Waals surface area contributed by atoms with E-state index in [4.69, 9.17) is 16.3 Å². The molecular formula is C20H17BrClN3O3S. The Labute approximate surface area is 184 Å². The summed E-state index contributed by atoms with van der Waals surface area (Å²) >= 11 is 10.7. The van der Waals surface area contributed by atoms with Crippen molar-refractivity contribution in [3.63, 3.8) is 0 Å². The molecule has 3 rings (SSSR count). The maximum atomic E-state index is 12.2. The number of halogens is 2. The summed E-state index contributed by atoms with van der Waals surface area (Å²) in [5.74, 6) is 0.222. The molecule has 0 aliphatic rings. The number of carbonyl (C=O) groups excluding carboxylic acids is 1. The van der Waals surface area contributed by atoms with E-state index in [1.165, 1.54) is 10.8 Å². The van der Waals surface area contributed by atoms with Gasteiger partial charge in [-0.3, -0.25) is 14.2 Å². The summed E-state index contributed by atoms with van der Waals surface area (Å²) in [6, 6.07) is 15.0. The van der Waals surface area contributed by atoms with Gasteiger partial charge in [0.25, 0.3) is 5.91 Å². The highest BCUT2D eigenvalue weighted by Crippen LogP contribution is 2.19. The number of ether oxygens (including phenoxy) is 1. The Bertz CT molecular complexity index is 1090. The van der Waals surface area contributed by atoms with Crippen molar-refractivity contribution in [2.45, 2.75) is 13.5 Å². The van der Waals surface area contributed by atoms with Gasteiger partial charge in [-0.25, -0.2) is 5.43 Å². The summed E-state index contributed by atoms with van der Waals surface area (Å²) < 4.78 is 7.87. The lowest BCUT2D eigenvalue weighted by atomic mass is 10.2. The van der Waals surface area contributed by atoms with E-state index in [0.29, 0.717) is 17.2 Å². The molecule has 150 valence electrons. The molecule has 0 radical (unpaired) electrons. The SMILES string of the molecule is Cc1ccccc1OCC(=O)N/N=C/c1sc(=O)n(Cc2ccc(Br)cc2)c1Cl. The molecule has 2 aromatic carbocycles. The number of rotatable bonds is 7. The van der Waals surface area contributed by atoms with Crippen LogP contribution >= 0.6 is 38.9 Å². The maximum Gasteiger partial charge on any atom is 0.309 e. The highest BCUT2D eigenvalue weighted by atomic mass is 79.9. The second kappa shape index (κ2) is 9.87. The molecule has 0 aliphatic heterocycles. The van der Waals surface area contributed by atoms with E-state index in [1.54, 1.807) is 6.07 Å². The Balaban J connectivity index is 1.59. The Hall–Kier alpha value is -2.42. The Morgan fingerprint density at radius 3 is 2.72 bits per heavy atom. The van der Waals surface area contributed by atoms with E-state index < -0.39 is 5.91 Å². The number of amides is 1. The number of hydrogen-bond acceptors (Lipinski definition) is 5. The number of aryl methyl sites for hydroxylation is 1. The van der Waals surface area contributed by atoms with Crippen molar-refractivity contribution in [3.8, 4) is 5.75 Å². The summed E-state index contributed by atoms with van der Waals surface area (Å²) in [5, 5.41) is 4.15. The zero-order chi connectivity index (χ0) is 20.8. The van der Waals surface area contributed by atoms with Crippen LogP contribution in [0.25, 0.3) is 0 Å². The fraction of sp³-hybridized carbons (Fsp3) is 0.150. The smallest absolute Gasteiger partial charge is 0.309 e. The molecule has 0 aliphatic carbocycles. The first-order valence-corrected chi connectivity index (χ1v) is 10.6. The average Bonchev–Trinajstić information content (AvgIpc) is 2.96. The van der Waals surface area contributed by atoms with Crippen LogP contribution in [0.2, 0.25) is 5.15 Å². The highest BCUT2D eigenvalue weighted by Gasteiger charge is 2.12. The number of aromatic nitrogens is 1. The number of carbonyl (C=O) groups is 1. The third-order valence-electron chi connectivity index (χ3n) is 3.94. The summed E-state index contributed by atoms with van der Waals surface area (Å²) in [6.07, 6.45) is 1.36. The molecule has 0 spiro atoms. The number of para-hydroxylation sites is 1. The summed E-state index contributed by atoms with van der Waals surface area (Å²) in [4.78, 5) is 24.4. The van der Waals surface area contributed by atoms with Crippen LogP contribution in [0, 0.1) is 6.92 Å².